The van der Waals surface area contributed by atoms with E-state index >= 15 is 0 Å². The van der Waals surface area contributed by atoms with Crippen molar-refractivity contribution in [1.29, 1.82) is 0 Å². The maximum Gasteiger partial charge on any atom is 0.470 e. The van der Waals surface area contributed by atoms with Gasteiger partial charge in [0.1, 0.15) is 73.2 Å². The lowest BCUT2D eigenvalue weighted by Gasteiger charge is -2.41. The Morgan fingerprint density at radius 3 is 0.977 bits per heavy atom. The Labute approximate surface area is 248 Å². The highest BCUT2D eigenvalue weighted by molar-refractivity contribution is 7.85. The van der Waals surface area contributed by atoms with E-state index in [4.69, 9.17) is 67.6 Å². The number of aryl methyl sites for hydroxylation is 1. The van der Waals surface area contributed by atoms with Crippen molar-refractivity contribution >= 4 is 28.3 Å². The maximum atomic E-state index is 10.5. The molecule has 0 saturated heterocycles. The molecule has 2 aliphatic carbocycles. The molecule has 2 saturated carbocycles. The van der Waals surface area contributed by atoms with Crippen molar-refractivity contribution in [3.8, 4) is 0 Å². The molecule has 2 fully saturated rings. The fourth-order valence-corrected chi connectivity index (χ4v) is 4.45. The van der Waals surface area contributed by atoms with Crippen LogP contribution in [0.5, 0.6) is 0 Å². The van der Waals surface area contributed by atoms with Gasteiger partial charge in [-0.05, 0) is 19.1 Å². The van der Waals surface area contributed by atoms with Crippen LogP contribution in [0.1, 0.15) is 5.56 Å². The van der Waals surface area contributed by atoms with Gasteiger partial charge in [-0.3, -0.25) is 18.2 Å². The lowest BCUT2D eigenvalue weighted by molar-refractivity contribution is -0.223. The van der Waals surface area contributed by atoms with Crippen molar-refractivity contribution in [3.05, 3.63) is 29.8 Å². The van der Waals surface area contributed by atoms with E-state index in [1.165, 1.54) is 12.1 Å². The van der Waals surface area contributed by atoms with E-state index in [-0.39, 0.29) is 4.90 Å². The standard InChI is InChI=1S/C7H8O3S.C6H13O9P.C6H12O6.H2O4S/c1-6-2-4-7(5-3-6)11(8,9)10;7-1-2(8)4(10)6(5(11)3(1)9)15-16(12,13)14;7-1-2(8)4(10)6(12)5(11)3(1)9;1-5(2,3)4/h2-5H,1H3,(H,8,9,10);1-11H,(H2,12,13,14);1-12H;(H2,1,2,3,4). The summed E-state index contributed by atoms with van der Waals surface area (Å²) < 4.78 is 75.7. The molecule has 0 aliphatic heterocycles. The van der Waals surface area contributed by atoms with Crippen molar-refractivity contribution in [2.45, 2.75) is 85.1 Å². The van der Waals surface area contributed by atoms with Gasteiger partial charge in [0, 0.05) is 0 Å². The van der Waals surface area contributed by atoms with Crippen molar-refractivity contribution in [2.24, 2.45) is 0 Å². The van der Waals surface area contributed by atoms with Crippen LogP contribution in [0.2, 0.25) is 0 Å². The second-order valence-corrected chi connectivity index (χ2v) is 12.7. The summed E-state index contributed by atoms with van der Waals surface area (Å²) in [5, 5.41) is 100.0. The largest absolute Gasteiger partial charge is 0.470 e. The van der Waals surface area contributed by atoms with Crippen LogP contribution in [0.25, 0.3) is 0 Å². The minimum atomic E-state index is -5.01. The summed E-state index contributed by atoms with van der Waals surface area (Å²) >= 11 is 0. The minimum Gasteiger partial charge on any atom is -0.387 e. The minimum absolute atomic E-state index is 0.0666. The summed E-state index contributed by atoms with van der Waals surface area (Å²) in [5.41, 5.74) is 0.956. The first-order valence-electron chi connectivity index (χ1n) is 11.6. The molecule has 3 rings (SSSR count). The smallest absolute Gasteiger partial charge is 0.387 e. The van der Waals surface area contributed by atoms with Crippen LogP contribution in [0.15, 0.2) is 29.2 Å². The summed E-state index contributed by atoms with van der Waals surface area (Å²) in [4.78, 5) is 16.9. The van der Waals surface area contributed by atoms with Crippen molar-refractivity contribution in [3.63, 3.8) is 0 Å². The molecular formula is C19H35O22PS2. The maximum absolute atomic E-state index is 10.5. The zero-order valence-corrected chi connectivity index (χ0v) is 24.6. The monoisotopic (exact) mass is 710 g/mol. The summed E-state index contributed by atoms with van der Waals surface area (Å²) in [7, 11) is -13.7. The fourth-order valence-electron chi connectivity index (χ4n) is 3.40. The molecule has 1 aromatic rings. The molecule has 16 N–H and O–H groups in total. The Hall–Kier alpha value is -1.33. The molecule has 0 radical (unpaired) electrons. The summed E-state index contributed by atoms with van der Waals surface area (Å²) in [6.07, 6.45) is -21.2. The van der Waals surface area contributed by atoms with Crippen LogP contribution in [0.3, 0.4) is 0 Å². The average Bonchev–Trinajstić information content (AvgIpc) is 2.89. The molecule has 0 spiro atoms. The third-order valence-corrected chi connectivity index (χ3v) is 7.14. The zero-order valence-electron chi connectivity index (χ0n) is 22.1. The van der Waals surface area contributed by atoms with Gasteiger partial charge in [0.2, 0.25) is 0 Å². The molecule has 4 unspecified atom stereocenters. The highest BCUT2D eigenvalue weighted by Gasteiger charge is 2.51. The van der Waals surface area contributed by atoms with Crippen molar-refractivity contribution in [2.75, 3.05) is 0 Å². The Morgan fingerprint density at radius 2 is 0.773 bits per heavy atom. The van der Waals surface area contributed by atoms with E-state index in [1.54, 1.807) is 12.1 Å². The van der Waals surface area contributed by atoms with E-state index in [0.717, 1.165) is 5.56 Å². The molecule has 25 heteroatoms. The number of hydrogen-bond donors (Lipinski definition) is 16. The van der Waals surface area contributed by atoms with Crippen LogP contribution in [-0.4, -0.2) is 170 Å². The van der Waals surface area contributed by atoms with Crippen LogP contribution in [0, 0.1) is 6.92 Å². The lowest BCUT2D eigenvalue weighted by atomic mass is 9.85. The summed E-state index contributed by atoms with van der Waals surface area (Å²) in [6.45, 7) is 1.84. The van der Waals surface area contributed by atoms with E-state index in [0.29, 0.717) is 0 Å². The van der Waals surface area contributed by atoms with Crippen LogP contribution >= 0.6 is 7.82 Å². The van der Waals surface area contributed by atoms with Gasteiger partial charge < -0.3 is 66.0 Å². The topological polar surface area (TPSA) is 418 Å². The van der Waals surface area contributed by atoms with Crippen molar-refractivity contribution < 1.29 is 106 Å². The molecule has 1 aromatic carbocycles. The second kappa shape index (κ2) is 17.0. The highest BCUT2D eigenvalue weighted by Crippen LogP contribution is 2.41. The predicted octanol–water partition coefficient (Wildman–Crippen LogP) is -6.96. The fraction of sp³-hybridized carbons (Fsp3) is 0.684. The molecule has 0 aromatic heterocycles. The average molecular weight is 711 g/mol. The van der Waals surface area contributed by atoms with Crippen molar-refractivity contribution in [1.82, 2.24) is 0 Å². The van der Waals surface area contributed by atoms with Gasteiger partial charge in [-0.1, -0.05) is 17.7 Å². The predicted molar refractivity (Wildman–Crippen MR) is 138 cm³/mol. The number of aliphatic hydroxyl groups excluding tert-OH is 11. The molecule has 4 atom stereocenters. The van der Waals surface area contributed by atoms with Gasteiger partial charge in [0.05, 0.1) is 4.90 Å². The van der Waals surface area contributed by atoms with Crippen LogP contribution in [0.4, 0.5) is 0 Å². The third kappa shape index (κ3) is 14.0. The molecule has 22 nitrogen and oxygen atoms in total. The Morgan fingerprint density at radius 1 is 0.545 bits per heavy atom. The number of benzene rings is 1. The van der Waals surface area contributed by atoms with Gasteiger partial charge in [-0.2, -0.15) is 16.8 Å². The van der Waals surface area contributed by atoms with E-state index in [9.17, 15) is 33.4 Å². The zero-order chi connectivity index (χ0) is 35.1. The van der Waals surface area contributed by atoms with E-state index in [1.807, 2.05) is 6.92 Å². The van der Waals surface area contributed by atoms with Gasteiger partial charge in [-0.15, -0.1) is 0 Å². The Kier molecular flexibility index (Phi) is 16.5. The Bertz CT molecular complexity index is 1190. The number of phosphoric ester groups is 1. The highest BCUT2D eigenvalue weighted by atomic mass is 32.3. The molecular weight excluding hydrogens is 675 g/mol. The quantitative estimate of drug-likeness (QED) is 0.102. The second-order valence-electron chi connectivity index (χ2n) is 9.19. The molecule has 2 aliphatic rings. The molecule has 44 heavy (non-hydrogen) atoms. The van der Waals surface area contributed by atoms with Gasteiger partial charge in [0.15, 0.2) is 0 Å². The molecule has 0 bridgehead atoms. The summed E-state index contributed by atoms with van der Waals surface area (Å²) in [6, 6.07) is 5.99. The number of hydrogen-bond acceptors (Lipinski definition) is 17. The lowest BCUT2D eigenvalue weighted by Crippen LogP contribution is -2.64. The Balaban J connectivity index is 0.000000594. The van der Waals surface area contributed by atoms with Crippen LogP contribution < -0.4 is 0 Å². The normalized spacial score (nSPS) is 35.9. The number of rotatable bonds is 3. The first kappa shape index (κ1) is 42.7. The third-order valence-electron chi connectivity index (χ3n) is 5.75. The van der Waals surface area contributed by atoms with Crippen LogP contribution in [-0.2, 0) is 29.6 Å². The first-order chi connectivity index (χ1) is 19.6. The van der Waals surface area contributed by atoms with Gasteiger partial charge >= 0.3 is 18.2 Å². The number of aliphatic hydroxyl groups is 11. The first-order valence-corrected chi connectivity index (χ1v) is 15.9. The van der Waals surface area contributed by atoms with E-state index in [2.05, 4.69) is 4.52 Å². The number of phosphoric acid groups is 1. The molecule has 0 heterocycles. The molecule has 260 valence electrons. The molecule has 0 amide bonds. The van der Waals surface area contributed by atoms with Gasteiger partial charge in [-0.25, -0.2) is 4.57 Å². The SMILES string of the molecule is Cc1ccc(S(=O)(=O)O)cc1.O=P(O)(O)OC1C(O)C(O)C(O)C(O)C1O.O=S(=O)(O)O.OC1C(O)C(O)C(O)C(O)C1O. The van der Waals surface area contributed by atoms with Gasteiger partial charge in [0.25, 0.3) is 10.1 Å². The summed E-state index contributed by atoms with van der Waals surface area (Å²) in [5.74, 6) is 0. The van der Waals surface area contributed by atoms with E-state index < -0.39 is 102 Å².